The lowest BCUT2D eigenvalue weighted by molar-refractivity contribution is -0.141. The Bertz CT molecular complexity index is 756. The summed E-state index contributed by atoms with van der Waals surface area (Å²) in [7, 11) is 0. The molecule has 0 radical (unpaired) electrons. The molecule has 150 valence electrons. The fourth-order valence-electron chi connectivity index (χ4n) is 3.09. The van der Waals surface area contributed by atoms with Crippen LogP contribution in [0.3, 0.4) is 0 Å². The van der Waals surface area contributed by atoms with Gasteiger partial charge >= 0.3 is 0 Å². The van der Waals surface area contributed by atoms with Gasteiger partial charge in [-0.2, -0.15) is 0 Å². The standard InChI is InChI=1S/C24H32N2O2/c1-5-19(4)25-24(28)22(16-20-10-8-7-9-11-20)26(23(27)6-2)17-21-14-12-18(3)13-15-21/h7-15,19,22H,5-6,16-17H2,1-4H3,(H,25,28)/t19-,22-/m1/s1. The van der Waals surface area contributed by atoms with Crippen molar-refractivity contribution in [1.29, 1.82) is 0 Å². The van der Waals surface area contributed by atoms with Crippen LogP contribution in [0.4, 0.5) is 0 Å². The van der Waals surface area contributed by atoms with Crippen LogP contribution in [0, 0.1) is 6.92 Å². The highest BCUT2D eigenvalue weighted by atomic mass is 16.2. The average molecular weight is 381 g/mol. The number of benzene rings is 2. The Morgan fingerprint density at radius 3 is 2.18 bits per heavy atom. The molecule has 2 rings (SSSR count). The van der Waals surface area contributed by atoms with E-state index in [4.69, 9.17) is 0 Å². The smallest absolute Gasteiger partial charge is 0.243 e. The zero-order chi connectivity index (χ0) is 20.5. The number of rotatable bonds is 9. The SMILES string of the molecule is CCC(=O)N(Cc1ccc(C)cc1)[C@H](Cc1ccccc1)C(=O)N[C@H](C)CC. The second kappa shape index (κ2) is 10.6. The topological polar surface area (TPSA) is 49.4 Å². The Labute approximate surface area is 169 Å². The van der Waals surface area contributed by atoms with E-state index in [0.29, 0.717) is 19.4 Å². The van der Waals surface area contributed by atoms with E-state index >= 15 is 0 Å². The normalized spacial score (nSPS) is 12.9. The summed E-state index contributed by atoms with van der Waals surface area (Å²) in [5, 5.41) is 3.07. The van der Waals surface area contributed by atoms with E-state index < -0.39 is 6.04 Å². The number of hydrogen-bond acceptors (Lipinski definition) is 2. The molecule has 0 aliphatic rings. The molecule has 0 saturated carbocycles. The molecule has 0 unspecified atom stereocenters. The first-order valence-electron chi connectivity index (χ1n) is 10.1. The fraction of sp³-hybridized carbons (Fsp3) is 0.417. The van der Waals surface area contributed by atoms with Gasteiger partial charge < -0.3 is 10.2 Å². The molecular formula is C24H32N2O2. The predicted octanol–water partition coefficient (Wildman–Crippen LogP) is 4.26. The van der Waals surface area contributed by atoms with Crippen LogP contribution in [-0.2, 0) is 22.6 Å². The van der Waals surface area contributed by atoms with E-state index in [1.807, 2.05) is 82.3 Å². The molecule has 2 aromatic carbocycles. The number of carbonyl (C=O) groups excluding carboxylic acids is 2. The zero-order valence-corrected chi connectivity index (χ0v) is 17.4. The summed E-state index contributed by atoms with van der Waals surface area (Å²) in [6.45, 7) is 8.34. The van der Waals surface area contributed by atoms with E-state index in [1.165, 1.54) is 5.56 Å². The van der Waals surface area contributed by atoms with Crippen LogP contribution in [0.15, 0.2) is 54.6 Å². The first-order valence-corrected chi connectivity index (χ1v) is 10.1. The monoisotopic (exact) mass is 380 g/mol. The highest BCUT2D eigenvalue weighted by Gasteiger charge is 2.30. The molecule has 0 fully saturated rings. The number of carbonyl (C=O) groups is 2. The van der Waals surface area contributed by atoms with Crippen LogP contribution < -0.4 is 5.32 Å². The number of nitrogens with zero attached hydrogens (tertiary/aromatic N) is 1. The van der Waals surface area contributed by atoms with Crippen LogP contribution in [-0.4, -0.2) is 28.8 Å². The molecule has 0 aliphatic heterocycles. The summed E-state index contributed by atoms with van der Waals surface area (Å²) in [5.74, 6) is -0.104. The minimum atomic E-state index is -0.537. The summed E-state index contributed by atoms with van der Waals surface area (Å²) < 4.78 is 0. The molecule has 0 spiro atoms. The van der Waals surface area contributed by atoms with Gasteiger partial charge in [0.05, 0.1) is 0 Å². The van der Waals surface area contributed by atoms with Crippen molar-refractivity contribution in [2.75, 3.05) is 0 Å². The van der Waals surface area contributed by atoms with Gasteiger partial charge in [0, 0.05) is 25.4 Å². The van der Waals surface area contributed by atoms with E-state index in [1.54, 1.807) is 4.90 Å². The molecule has 0 aromatic heterocycles. The third kappa shape index (κ3) is 6.22. The quantitative estimate of drug-likeness (QED) is 0.707. The maximum absolute atomic E-state index is 13.1. The largest absolute Gasteiger partial charge is 0.352 e. The predicted molar refractivity (Wildman–Crippen MR) is 114 cm³/mol. The van der Waals surface area contributed by atoms with Crippen molar-refractivity contribution in [1.82, 2.24) is 10.2 Å². The molecule has 0 saturated heterocycles. The Morgan fingerprint density at radius 1 is 0.964 bits per heavy atom. The summed E-state index contributed by atoms with van der Waals surface area (Å²) >= 11 is 0. The van der Waals surface area contributed by atoms with Gasteiger partial charge in [0.15, 0.2) is 0 Å². The molecule has 4 nitrogen and oxygen atoms in total. The molecule has 28 heavy (non-hydrogen) atoms. The van der Waals surface area contributed by atoms with Crippen molar-refractivity contribution in [2.45, 2.75) is 65.6 Å². The summed E-state index contributed by atoms with van der Waals surface area (Å²) in [5.41, 5.74) is 3.25. The van der Waals surface area contributed by atoms with Crippen LogP contribution in [0.5, 0.6) is 0 Å². The Balaban J connectivity index is 2.33. The van der Waals surface area contributed by atoms with Gasteiger partial charge in [0.25, 0.3) is 0 Å². The lowest BCUT2D eigenvalue weighted by atomic mass is 10.0. The molecule has 0 bridgehead atoms. The first kappa shape index (κ1) is 21.7. The highest BCUT2D eigenvalue weighted by molar-refractivity contribution is 5.88. The third-order valence-electron chi connectivity index (χ3n) is 5.05. The maximum Gasteiger partial charge on any atom is 0.243 e. The van der Waals surface area contributed by atoms with Crippen molar-refractivity contribution in [2.24, 2.45) is 0 Å². The van der Waals surface area contributed by atoms with Crippen LogP contribution >= 0.6 is 0 Å². The van der Waals surface area contributed by atoms with Gasteiger partial charge in [0.1, 0.15) is 6.04 Å². The van der Waals surface area contributed by atoms with E-state index in [9.17, 15) is 9.59 Å². The lowest BCUT2D eigenvalue weighted by Crippen LogP contribution is -2.52. The molecule has 2 amide bonds. The summed E-state index contributed by atoms with van der Waals surface area (Å²) in [6, 6.07) is 17.6. The van der Waals surface area contributed by atoms with E-state index in [-0.39, 0.29) is 17.9 Å². The molecule has 0 heterocycles. The van der Waals surface area contributed by atoms with Gasteiger partial charge in [-0.15, -0.1) is 0 Å². The molecule has 2 atom stereocenters. The Morgan fingerprint density at radius 2 is 1.61 bits per heavy atom. The second-order valence-corrected chi connectivity index (χ2v) is 7.38. The second-order valence-electron chi connectivity index (χ2n) is 7.38. The van der Waals surface area contributed by atoms with Gasteiger partial charge in [-0.05, 0) is 31.4 Å². The number of hydrogen-bond donors (Lipinski definition) is 1. The third-order valence-corrected chi connectivity index (χ3v) is 5.05. The van der Waals surface area contributed by atoms with Gasteiger partial charge in [-0.3, -0.25) is 9.59 Å². The van der Waals surface area contributed by atoms with Gasteiger partial charge in [-0.1, -0.05) is 74.0 Å². The van der Waals surface area contributed by atoms with Crippen LogP contribution in [0.2, 0.25) is 0 Å². The van der Waals surface area contributed by atoms with Crippen molar-refractivity contribution < 1.29 is 9.59 Å². The van der Waals surface area contributed by atoms with Crippen molar-refractivity contribution >= 4 is 11.8 Å². The Hall–Kier alpha value is -2.62. The van der Waals surface area contributed by atoms with Crippen LogP contribution in [0.25, 0.3) is 0 Å². The Kier molecular flexibility index (Phi) is 8.24. The summed E-state index contributed by atoms with van der Waals surface area (Å²) in [6.07, 6.45) is 1.72. The average Bonchev–Trinajstić information content (AvgIpc) is 2.71. The molecular weight excluding hydrogens is 348 g/mol. The van der Waals surface area contributed by atoms with E-state index in [0.717, 1.165) is 17.5 Å². The minimum absolute atomic E-state index is 0.0131. The maximum atomic E-state index is 13.1. The fourth-order valence-corrected chi connectivity index (χ4v) is 3.09. The number of aryl methyl sites for hydroxylation is 1. The summed E-state index contributed by atoms with van der Waals surface area (Å²) in [4.78, 5) is 27.7. The highest BCUT2D eigenvalue weighted by Crippen LogP contribution is 2.16. The van der Waals surface area contributed by atoms with Crippen molar-refractivity contribution in [3.05, 3.63) is 71.3 Å². The van der Waals surface area contributed by atoms with E-state index in [2.05, 4.69) is 5.32 Å². The minimum Gasteiger partial charge on any atom is -0.352 e. The molecule has 2 aromatic rings. The van der Waals surface area contributed by atoms with Crippen molar-refractivity contribution in [3.63, 3.8) is 0 Å². The number of amides is 2. The molecule has 0 aliphatic carbocycles. The molecule has 1 N–H and O–H groups in total. The molecule has 4 heteroatoms. The lowest BCUT2D eigenvalue weighted by Gasteiger charge is -2.32. The zero-order valence-electron chi connectivity index (χ0n) is 17.4. The number of nitrogens with one attached hydrogen (secondary N) is 1. The van der Waals surface area contributed by atoms with Crippen LogP contribution in [0.1, 0.15) is 50.3 Å². The van der Waals surface area contributed by atoms with Gasteiger partial charge in [-0.25, -0.2) is 0 Å². The van der Waals surface area contributed by atoms with Crippen molar-refractivity contribution in [3.8, 4) is 0 Å². The first-order chi connectivity index (χ1) is 13.4. The van der Waals surface area contributed by atoms with Gasteiger partial charge in [0.2, 0.25) is 11.8 Å².